The average Bonchev–Trinajstić information content (AvgIpc) is 2.47. The van der Waals surface area contributed by atoms with Gasteiger partial charge in [0.05, 0.1) is 0 Å². The number of nitrogens with zero attached hydrogens (tertiary/aromatic N) is 2. The summed E-state index contributed by atoms with van der Waals surface area (Å²) in [6.07, 6.45) is -1.89. The van der Waals surface area contributed by atoms with E-state index in [4.69, 9.17) is 11.6 Å². The van der Waals surface area contributed by atoms with Crippen molar-refractivity contribution in [3.63, 3.8) is 0 Å². The fraction of sp³-hybridized carbons (Fsp3) is 0.125. The molecule has 2 aromatic rings. The summed E-state index contributed by atoms with van der Waals surface area (Å²) in [5, 5.41) is 0.0241. The molecule has 2 aromatic heterocycles. The minimum Gasteiger partial charge on any atom is -0.296 e. The highest BCUT2D eigenvalue weighted by Gasteiger charge is 2.33. The number of halogens is 4. The molecule has 0 bridgehead atoms. The predicted octanol–water partition coefficient (Wildman–Crippen LogP) is 3.01. The van der Waals surface area contributed by atoms with Crippen LogP contribution in [-0.2, 0) is 6.18 Å². The maximum absolute atomic E-state index is 12.5. The Morgan fingerprint density at radius 3 is 2.64 bits per heavy atom. The van der Waals surface area contributed by atoms with Gasteiger partial charge in [-0.3, -0.25) is 4.40 Å². The molecule has 0 saturated carbocycles. The van der Waals surface area contributed by atoms with E-state index in [1.807, 2.05) is 0 Å². The van der Waals surface area contributed by atoms with Crippen LogP contribution in [-0.4, -0.2) is 9.38 Å². The highest BCUT2D eigenvalue weighted by Crippen LogP contribution is 2.31. The van der Waals surface area contributed by atoms with Crippen LogP contribution < -0.4 is 0 Å². The molecule has 0 amide bonds. The van der Waals surface area contributed by atoms with Crippen LogP contribution in [0.4, 0.5) is 13.2 Å². The quantitative estimate of drug-likeness (QED) is 0.667. The number of hydrogen-bond donors (Lipinski definition) is 0. The smallest absolute Gasteiger partial charge is 0.296 e. The molecular weight excluding hydrogens is 217 g/mol. The van der Waals surface area contributed by atoms with Crippen molar-refractivity contribution in [3.05, 3.63) is 35.2 Å². The Labute approximate surface area is 81.9 Å². The first-order valence-electron chi connectivity index (χ1n) is 3.68. The first kappa shape index (κ1) is 9.33. The van der Waals surface area contributed by atoms with Gasteiger partial charge < -0.3 is 0 Å². The number of rotatable bonds is 0. The van der Waals surface area contributed by atoms with Gasteiger partial charge in [0.15, 0.2) is 0 Å². The lowest BCUT2D eigenvalue weighted by atomic mass is 10.3. The van der Waals surface area contributed by atoms with Crippen molar-refractivity contribution in [2.45, 2.75) is 6.18 Å². The summed E-state index contributed by atoms with van der Waals surface area (Å²) in [7, 11) is 0. The third-order valence-corrected chi connectivity index (χ3v) is 1.98. The minimum absolute atomic E-state index is 0.0241. The lowest BCUT2D eigenvalue weighted by Crippen LogP contribution is -2.10. The first-order valence-corrected chi connectivity index (χ1v) is 4.06. The number of imidazole rings is 1. The van der Waals surface area contributed by atoms with Gasteiger partial charge >= 0.3 is 6.18 Å². The molecule has 0 aliphatic rings. The van der Waals surface area contributed by atoms with Crippen LogP contribution in [0.3, 0.4) is 0 Å². The summed E-state index contributed by atoms with van der Waals surface area (Å²) in [5.41, 5.74) is -0.637. The molecule has 2 nitrogen and oxygen atoms in total. The Hall–Kier alpha value is -1.23. The zero-order valence-corrected chi connectivity index (χ0v) is 7.47. The molecule has 0 aliphatic heterocycles. The van der Waals surface area contributed by atoms with Crippen LogP contribution in [0.25, 0.3) is 5.65 Å². The van der Waals surface area contributed by atoms with E-state index in [9.17, 15) is 13.2 Å². The van der Waals surface area contributed by atoms with Gasteiger partial charge in [0.2, 0.25) is 0 Å². The van der Waals surface area contributed by atoms with E-state index in [0.717, 1.165) is 10.5 Å². The standard InChI is InChI=1S/C8H4ClF3N2/c9-5-3-6(8(10,11)12)14-2-1-13-7(14)4-5/h1-4H. The largest absolute Gasteiger partial charge is 0.431 e. The number of aromatic nitrogens is 2. The summed E-state index contributed by atoms with van der Waals surface area (Å²) in [4.78, 5) is 3.73. The Morgan fingerprint density at radius 2 is 2.00 bits per heavy atom. The van der Waals surface area contributed by atoms with Crippen LogP contribution in [0.2, 0.25) is 5.02 Å². The fourth-order valence-electron chi connectivity index (χ4n) is 1.21. The van der Waals surface area contributed by atoms with Crippen molar-refractivity contribution in [2.24, 2.45) is 0 Å². The third kappa shape index (κ3) is 1.43. The van der Waals surface area contributed by atoms with Crippen molar-refractivity contribution in [1.29, 1.82) is 0 Å². The van der Waals surface area contributed by atoms with Gasteiger partial charge in [-0.25, -0.2) is 4.98 Å². The van der Waals surface area contributed by atoms with Crippen LogP contribution >= 0.6 is 11.6 Å². The lowest BCUT2D eigenvalue weighted by molar-refractivity contribution is -0.142. The van der Waals surface area contributed by atoms with Crippen LogP contribution in [0.1, 0.15) is 5.69 Å². The molecule has 0 spiro atoms. The van der Waals surface area contributed by atoms with Gasteiger partial charge in [-0.05, 0) is 6.07 Å². The molecule has 0 aliphatic carbocycles. The second-order valence-corrected chi connectivity index (χ2v) is 3.15. The van der Waals surface area contributed by atoms with Gasteiger partial charge in [-0.2, -0.15) is 13.2 Å². The molecule has 2 heterocycles. The summed E-state index contributed by atoms with van der Waals surface area (Å²) in [6, 6.07) is 2.24. The molecule has 74 valence electrons. The van der Waals surface area contributed by atoms with Gasteiger partial charge in [0.25, 0.3) is 0 Å². The summed E-state index contributed by atoms with van der Waals surface area (Å²) in [5.74, 6) is 0. The normalized spacial score (nSPS) is 12.3. The fourth-order valence-corrected chi connectivity index (χ4v) is 1.41. The number of pyridine rings is 1. The predicted molar refractivity (Wildman–Crippen MR) is 45.2 cm³/mol. The Bertz CT molecular complexity index is 475. The molecule has 2 rings (SSSR count). The summed E-state index contributed by atoms with van der Waals surface area (Å²) >= 11 is 5.53. The zero-order chi connectivity index (χ0) is 10.3. The molecule has 0 saturated heterocycles. The summed E-state index contributed by atoms with van der Waals surface area (Å²) in [6.45, 7) is 0. The van der Waals surface area contributed by atoms with Crippen molar-refractivity contribution in [2.75, 3.05) is 0 Å². The van der Waals surface area contributed by atoms with E-state index in [1.54, 1.807) is 0 Å². The highest BCUT2D eigenvalue weighted by molar-refractivity contribution is 6.30. The zero-order valence-electron chi connectivity index (χ0n) is 6.72. The van der Waals surface area contributed by atoms with E-state index in [0.29, 0.717) is 0 Å². The third-order valence-electron chi connectivity index (χ3n) is 1.76. The number of fused-ring (bicyclic) bond motifs is 1. The van der Waals surface area contributed by atoms with E-state index in [1.165, 1.54) is 18.5 Å². The molecule has 0 fully saturated rings. The molecule has 0 N–H and O–H groups in total. The van der Waals surface area contributed by atoms with Crippen molar-refractivity contribution in [3.8, 4) is 0 Å². The highest BCUT2D eigenvalue weighted by atomic mass is 35.5. The van der Waals surface area contributed by atoms with Gasteiger partial charge in [0, 0.05) is 23.5 Å². The average molecular weight is 221 g/mol. The molecule has 0 atom stereocenters. The molecule has 0 radical (unpaired) electrons. The van der Waals surface area contributed by atoms with Gasteiger partial charge in [-0.1, -0.05) is 11.6 Å². The molecule has 6 heteroatoms. The van der Waals surface area contributed by atoms with E-state index in [-0.39, 0.29) is 10.7 Å². The first-order chi connectivity index (χ1) is 6.48. The van der Waals surface area contributed by atoms with Crippen LogP contribution in [0, 0.1) is 0 Å². The van der Waals surface area contributed by atoms with Crippen molar-refractivity contribution in [1.82, 2.24) is 9.38 Å². The van der Waals surface area contributed by atoms with E-state index in [2.05, 4.69) is 4.98 Å². The molecule has 0 aromatic carbocycles. The Balaban J connectivity index is 2.80. The number of alkyl halides is 3. The second-order valence-electron chi connectivity index (χ2n) is 2.71. The maximum atomic E-state index is 12.5. The Kier molecular flexibility index (Phi) is 1.92. The summed E-state index contributed by atoms with van der Waals surface area (Å²) < 4.78 is 38.4. The minimum atomic E-state index is -4.43. The monoisotopic (exact) mass is 220 g/mol. The number of hydrogen-bond acceptors (Lipinski definition) is 1. The maximum Gasteiger partial charge on any atom is 0.431 e. The Morgan fingerprint density at radius 1 is 1.29 bits per heavy atom. The van der Waals surface area contributed by atoms with Crippen molar-refractivity contribution < 1.29 is 13.2 Å². The van der Waals surface area contributed by atoms with Gasteiger partial charge in [-0.15, -0.1) is 0 Å². The second kappa shape index (κ2) is 2.88. The SMILES string of the molecule is FC(F)(F)c1cc(Cl)cc2nccn12. The van der Waals surface area contributed by atoms with Crippen LogP contribution in [0.15, 0.2) is 24.5 Å². The van der Waals surface area contributed by atoms with Crippen LogP contribution in [0.5, 0.6) is 0 Å². The molecular formula is C8H4ClF3N2. The lowest BCUT2D eigenvalue weighted by Gasteiger charge is -2.09. The van der Waals surface area contributed by atoms with E-state index >= 15 is 0 Å². The molecule has 14 heavy (non-hydrogen) atoms. The topological polar surface area (TPSA) is 17.3 Å². The molecule has 0 unspecified atom stereocenters. The van der Waals surface area contributed by atoms with E-state index < -0.39 is 11.9 Å². The van der Waals surface area contributed by atoms with Crippen molar-refractivity contribution >= 4 is 17.2 Å². The van der Waals surface area contributed by atoms with Gasteiger partial charge in [0.1, 0.15) is 11.3 Å².